The van der Waals surface area contributed by atoms with E-state index in [9.17, 15) is 14.4 Å². The van der Waals surface area contributed by atoms with Crippen molar-refractivity contribution >= 4 is 44.8 Å². The van der Waals surface area contributed by atoms with Crippen LogP contribution >= 0.6 is 22.7 Å². The monoisotopic (exact) mass is 435 g/mol. The Labute approximate surface area is 175 Å². The van der Waals surface area contributed by atoms with Gasteiger partial charge in [0, 0.05) is 29.5 Å². The van der Waals surface area contributed by atoms with E-state index in [1.165, 1.54) is 45.6 Å². The van der Waals surface area contributed by atoms with Gasteiger partial charge >= 0.3 is 5.97 Å². The molecule has 1 amide bonds. The van der Waals surface area contributed by atoms with Crippen LogP contribution in [0, 0.1) is 0 Å². The van der Waals surface area contributed by atoms with Gasteiger partial charge in [-0.3, -0.25) is 19.0 Å². The minimum absolute atomic E-state index is 0.195. The van der Waals surface area contributed by atoms with Gasteiger partial charge in [-0.2, -0.15) is 0 Å². The van der Waals surface area contributed by atoms with E-state index in [0.717, 1.165) is 10.4 Å². The van der Waals surface area contributed by atoms with Crippen molar-refractivity contribution in [3.63, 3.8) is 0 Å². The Bertz CT molecular complexity index is 1040. The first-order valence-electron chi connectivity index (χ1n) is 8.98. The van der Waals surface area contributed by atoms with E-state index < -0.39 is 5.97 Å². The van der Waals surface area contributed by atoms with Crippen molar-refractivity contribution in [2.24, 2.45) is 0 Å². The van der Waals surface area contributed by atoms with Crippen LogP contribution in [0.1, 0.15) is 6.92 Å². The Morgan fingerprint density at radius 3 is 2.83 bits per heavy atom. The summed E-state index contributed by atoms with van der Waals surface area (Å²) in [6.07, 6.45) is 1.37. The highest BCUT2D eigenvalue weighted by molar-refractivity contribution is 7.18. The van der Waals surface area contributed by atoms with E-state index in [1.54, 1.807) is 6.92 Å². The number of ether oxygens (including phenoxy) is 2. The summed E-state index contributed by atoms with van der Waals surface area (Å²) in [5.41, 5.74) is 0.540. The maximum Gasteiger partial charge on any atom is 0.325 e. The number of nitrogens with zero attached hydrogens (tertiary/aromatic N) is 3. The fourth-order valence-electron chi connectivity index (χ4n) is 2.79. The third-order valence-corrected chi connectivity index (χ3v) is 5.99. The predicted molar refractivity (Wildman–Crippen MR) is 112 cm³/mol. The summed E-state index contributed by atoms with van der Waals surface area (Å²) in [5, 5.41) is 4.35. The highest BCUT2D eigenvalue weighted by Crippen LogP contribution is 2.33. The smallest absolute Gasteiger partial charge is 0.325 e. The maximum absolute atomic E-state index is 13.0. The Hall–Kier alpha value is -2.56. The molecule has 3 aromatic heterocycles. The summed E-state index contributed by atoms with van der Waals surface area (Å²) in [7, 11) is 1.51. The number of amides is 1. The first-order chi connectivity index (χ1) is 14.0. The van der Waals surface area contributed by atoms with Gasteiger partial charge in [0.05, 0.1) is 24.9 Å². The van der Waals surface area contributed by atoms with E-state index in [4.69, 9.17) is 9.47 Å². The van der Waals surface area contributed by atoms with Gasteiger partial charge < -0.3 is 14.4 Å². The number of hydrogen-bond donors (Lipinski definition) is 0. The van der Waals surface area contributed by atoms with Gasteiger partial charge in [0.2, 0.25) is 5.91 Å². The van der Waals surface area contributed by atoms with Crippen LogP contribution in [0.15, 0.2) is 34.0 Å². The second-order valence-electron chi connectivity index (χ2n) is 6.10. The number of rotatable bonds is 9. The molecule has 3 rings (SSSR count). The van der Waals surface area contributed by atoms with E-state index in [0.29, 0.717) is 10.2 Å². The second kappa shape index (κ2) is 9.77. The van der Waals surface area contributed by atoms with Crippen LogP contribution in [0.5, 0.6) is 0 Å². The molecule has 0 aliphatic rings. The summed E-state index contributed by atoms with van der Waals surface area (Å²) in [6, 6.07) is 3.87. The number of fused-ring (bicyclic) bond motifs is 1. The first-order valence-corrected chi connectivity index (χ1v) is 10.7. The highest BCUT2D eigenvalue weighted by Gasteiger charge is 2.20. The normalized spacial score (nSPS) is 11.0. The van der Waals surface area contributed by atoms with Crippen molar-refractivity contribution in [2.45, 2.75) is 13.5 Å². The fraction of sp³-hybridized carbons (Fsp3) is 0.368. The first kappa shape index (κ1) is 21.2. The number of hydrogen-bond acceptors (Lipinski definition) is 8. The average molecular weight is 436 g/mol. The van der Waals surface area contributed by atoms with E-state index in [2.05, 4.69) is 4.98 Å². The van der Waals surface area contributed by atoms with Gasteiger partial charge in [0.25, 0.3) is 5.56 Å². The molecule has 3 heterocycles. The molecule has 0 radical (unpaired) electrons. The van der Waals surface area contributed by atoms with Crippen LogP contribution in [-0.4, -0.2) is 59.7 Å². The van der Waals surface area contributed by atoms with Crippen LogP contribution in [0.3, 0.4) is 0 Å². The minimum atomic E-state index is -0.504. The SMILES string of the molecule is CCOC(=O)CN(CCOC)C(=O)Cn1cnc2scc(-c3cccs3)c2c1=O. The Kier molecular flexibility index (Phi) is 7.13. The van der Waals surface area contributed by atoms with Crippen molar-refractivity contribution in [2.75, 3.05) is 33.4 Å². The van der Waals surface area contributed by atoms with Crippen LogP contribution in [0.4, 0.5) is 0 Å². The van der Waals surface area contributed by atoms with Crippen LogP contribution in [-0.2, 0) is 25.6 Å². The molecule has 0 bridgehead atoms. The Morgan fingerprint density at radius 1 is 1.31 bits per heavy atom. The quantitative estimate of drug-likeness (QED) is 0.479. The molecule has 0 saturated carbocycles. The van der Waals surface area contributed by atoms with Crippen LogP contribution in [0.25, 0.3) is 20.7 Å². The van der Waals surface area contributed by atoms with Crippen molar-refractivity contribution in [3.8, 4) is 10.4 Å². The molecule has 0 spiro atoms. The molecule has 0 aliphatic heterocycles. The lowest BCUT2D eigenvalue weighted by Gasteiger charge is -2.21. The number of esters is 1. The third kappa shape index (κ3) is 4.89. The van der Waals surface area contributed by atoms with Crippen molar-refractivity contribution in [1.82, 2.24) is 14.5 Å². The lowest BCUT2D eigenvalue weighted by Crippen LogP contribution is -2.41. The summed E-state index contributed by atoms with van der Waals surface area (Å²) >= 11 is 2.93. The minimum Gasteiger partial charge on any atom is -0.465 e. The summed E-state index contributed by atoms with van der Waals surface area (Å²) in [4.78, 5) is 44.9. The van der Waals surface area contributed by atoms with Gasteiger partial charge in [-0.1, -0.05) is 6.07 Å². The molecular weight excluding hydrogens is 414 g/mol. The van der Waals surface area contributed by atoms with E-state index in [1.807, 2.05) is 22.9 Å². The van der Waals surface area contributed by atoms with Gasteiger partial charge in [-0.05, 0) is 18.4 Å². The van der Waals surface area contributed by atoms with Crippen molar-refractivity contribution < 1.29 is 19.1 Å². The molecule has 8 nitrogen and oxygen atoms in total. The fourth-order valence-corrected chi connectivity index (χ4v) is 4.52. The second-order valence-corrected chi connectivity index (χ2v) is 7.90. The van der Waals surface area contributed by atoms with Gasteiger partial charge in [0.15, 0.2) is 0 Å². The molecule has 0 unspecified atom stereocenters. The van der Waals surface area contributed by atoms with Crippen LogP contribution in [0.2, 0.25) is 0 Å². The Balaban J connectivity index is 1.86. The third-order valence-electron chi connectivity index (χ3n) is 4.20. The summed E-state index contributed by atoms with van der Waals surface area (Å²) in [6.45, 7) is 2.01. The van der Waals surface area contributed by atoms with Gasteiger partial charge in [0.1, 0.15) is 17.9 Å². The molecule has 0 fully saturated rings. The highest BCUT2D eigenvalue weighted by atomic mass is 32.1. The molecule has 0 atom stereocenters. The maximum atomic E-state index is 13.0. The molecule has 0 N–H and O–H groups in total. The topological polar surface area (TPSA) is 90.7 Å². The zero-order valence-corrected chi connectivity index (χ0v) is 17.8. The number of carbonyl (C=O) groups excluding carboxylic acids is 2. The number of methoxy groups -OCH3 is 1. The van der Waals surface area contributed by atoms with Crippen molar-refractivity contribution in [1.29, 1.82) is 0 Å². The molecule has 10 heteroatoms. The zero-order chi connectivity index (χ0) is 20.8. The number of carbonyl (C=O) groups is 2. The van der Waals surface area contributed by atoms with Gasteiger partial charge in [-0.25, -0.2) is 4.98 Å². The lowest BCUT2D eigenvalue weighted by molar-refractivity contribution is -0.149. The number of thiophene rings is 2. The molecule has 29 heavy (non-hydrogen) atoms. The molecule has 0 aromatic carbocycles. The summed E-state index contributed by atoms with van der Waals surface area (Å²) in [5.74, 6) is -0.887. The van der Waals surface area contributed by atoms with Gasteiger partial charge in [-0.15, -0.1) is 22.7 Å². The van der Waals surface area contributed by atoms with Crippen LogP contribution < -0.4 is 5.56 Å². The zero-order valence-electron chi connectivity index (χ0n) is 16.1. The number of aromatic nitrogens is 2. The summed E-state index contributed by atoms with van der Waals surface area (Å²) < 4.78 is 11.2. The molecule has 3 aromatic rings. The van der Waals surface area contributed by atoms with E-state index in [-0.39, 0.29) is 44.3 Å². The average Bonchev–Trinajstić information content (AvgIpc) is 3.37. The molecule has 0 saturated heterocycles. The van der Waals surface area contributed by atoms with E-state index >= 15 is 0 Å². The van der Waals surface area contributed by atoms with Crippen molar-refractivity contribution in [3.05, 3.63) is 39.6 Å². The molecule has 154 valence electrons. The molecule has 0 aliphatic carbocycles. The molecular formula is C19H21N3O5S2. The lowest BCUT2D eigenvalue weighted by atomic mass is 10.2. The standard InChI is InChI=1S/C19H21N3O5S2/c1-3-27-16(24)10-21(6-7-26-2)15(23)9-22-12-20-18-17(19(22)25)13(11-29-18)14-5-4-8-28-14/h4-5,8,11-12H,3,6-7,9-10H2,1-2H3. The predicted octanol–water partition coefficient (Wildman–Crippen LogP) is 2.22. The Morgan fingerprint density at radius 2 is 2.14 bits per heavy atom. The largest absolute Gasteiger partial charge is 0.465 e.